The van der Waals surface area contributed by atoms with Gasteiger partial charge in [0, 0.05) is 25.7 Å². The van der Waals surface area contributed by atoms with Crippen molar-refractivity contribution in [1.29, 1.82) is 0 Å². The maximum absolute atomic E-state index is 13.1. The predicted molar refractivity (Wildman–Crippen MR) is 72.5 cm³/mol. The molecule has 0 aromatic carbocycles. The molecule has 6 nitrogen and oxygen atoms in total. The van der Waals surface area contributed by atoms with Crippen LogP contribution in [-0.2, 0) is 14.8 Å². The Morgan fingerprint density at radius 3 is 2.90 bits per heavy atom. The van der Waals surface area contributed by atoms with Crippen molar-refractivity contribution in [2.75, 3.05) is 13.1 Å². The van der Waals surface area contributed by atoms with Crippen LogP contribution in [0.5, 0.6) is 0 Å². The number of carboxylic acid groups (broad SMARTS) is 1. The summed E-state index contributed by atoms with van der Waals surface area (Å²) in [6, 6.07) is 0.948. The van der Waals surface area contributed by atoms with Crippen LogP contribution in [0.25, 0.3) is 0 Å². The molecule has 0 aliphatic carbocycles. The molecule has 1 fully saturated rings. The van der Waals surface area contributed by atoms with E-state index in [2.05, 4.69) is 4.98 Å². The predicted octanol–water partition coefficient (Wildman–Crippen LogP) is 1.49. The number of aliphatic carboxylic acids is 1. The summed E-state index contributed by atoms with van der Waals surface area (Å²) >= 11 is 0. The highest BCUT2D eigenvalue weighted by molar-refractivity contribution is 7.89. The Morgan fingerprint density at radius 2 is 2.24 bits per heavy atom. The van der Waals surface area contributed by atoms with Gasteiger partial charge in [-0.25, -0.2) is 12.8 Å². The zero-order valence-electron chi connectivity index (χ0n) is 11.4. The van der Waals surface area contributed by atoms with E-state index in [0.717, 1.165) is 24.9 Å². The molecule has 8 heteroatoms. The lowest BCUT2D eigenvalue weighted by molar-refractivity contribution is -0.137. The molecule has 1 aromatic heterocycles. The zero-order chi connectivity index (χ0) is 15.5. The summed E-state index contributed by atoms with van der Waals surface area (Å²) in [6.45, 7) is 0.633. The van der Waals surface area contributed by atoms with Crippen molar-refractivity contribution < 1.29 is 22.7 Å². The fraction of sp³-hybridized carbons (Fsp3) is 0.538. The largest absolute Gasteiger partial charge is 0.481 e. The molecule has 2 heterocycles. The second kappa shape index (κ2) is 6.48. The Labute approximate surface area is 122 Å². The molecule has 1 unspecified atom stereocenters. The van der Waals surface area contributed by atoms with Crippen LogP contribution in [0, 0.1) is 11.7 Å². The van der Waals surface area contributed by atoms with E-state index in [1.807, 2.05) is 0 Å². The molecule has 2 rings (SSSR count). The Hall–Kier alpha value is -1.54. The molecule has 1 aliphatic rings. The van der Waals surface area contributed by atoms with Gasteiger partial charge in [0.25, 0.3) is 0 Å². The minimum Gasteiger partial charge on any atom is -0.481 e. The van der Waals surface area contributed by atoms with Crippen molar-refractivity contribution in [3.63, 3.8) is 0 Å². The molecule has 0 amide bonds. The number of nitrogens with zero attached hydrogens (tertiary/aromatic N) is 2. The lowest BCUT2D eigenvalue weighted by Crippen LogP contribution is -2.40. The van der Waals surface area contributed by atoms with Crippen LogP contribution in [0.4, 0.5) is 4.39 Å². The molecule has 0 saturated carbocycles. The summed E-state index contributed by atoms with van der Waals surface area (Å²) in [5, 5.41) is 8.70. The van der Waals surface area contributed by atoms with E-state index < -0.39 is 21.8 Å². The Kier molecular flexibility index (Phi) is 4.89. The number of rotatable bonds is 5. The van der Waals surface area contributed by atoms with E-state index in [-0.39, 0.29) is 23.8 Å². The summed E-state index contributed by atoms with van der Waals surface area (Å²) < 4.78 is 39.3. The molecule has 1 aromatic rings. The number of carboxylic acids is 1. The summed E-state index contributed by atoms with van der Waals surface area (Å²) in [6.07, 6.45) is 4.03. The van der Waals surface area contributed by atoms with Gasteiger partial charge in [-0.3, -0.25) is 9.78 Å². The molecule has 1 atom stereocenters. The van der Waals surface area contributed by atoms with E-state index >= 15 is 0 Å². The van der Waals surface area contributed by atoms with Crippen molar-refractivity contribution in [1.82, 2.24) is 9.29 Å². The maximum Gasteiger partial charge on any atom is 0.303 e. The standard InChI is InChI=1S/C13H17FN2O4S/c14-11-6-12(8-15-7-11)21(19,20)16-5-1-2-10(9-16)3-4-13(17)18/h6-8,10H,1-5,9H2,(H,17,18). The first kappa shape index (κ1) is 15.8. The number of carbonyl (C=O) groups is 1. The van der Waals surface area contributed by atoms with Gasteiger partial charge in [-0.05, 0) is 31.2 Å². The monoisotopic (exact) mass is 316 g/mol. The van der Waals surface area contributed by atoms with Gasteiger partial charge < -0.3 is 5.11 Å². The Balaban J connectivity index is 2.11. The molecule has 0 spiro atoms. The summed E-state index contributed by atoms with van der Waals surface area (Å²) in [5.41, 5.74) is 0. The number of piperidine rings is 1. The quantitative estimate of drug-likeness (QED) is 0.889. The molecule has 21 heavy (non-hydrogen) atoms. The number of sulfonamides is 1. The first-order valence-corrected chi connectivity index (χ1v) is 8.16. The van der Waals surface area contributed by atoms with Crippen molar-refractivity contribution in [3.8, 4) is 0 Å². The molecule has 0 radical (unpaired) electrons. The highest BCUT2D eigenvalue weighted by atomic mass is 32.2. The number of pyridine rings is 1. The number of halogens is 1. The highest BCUT2D eigenvalue weighted by Crippen LogP contribution is 2.26. The lowest BCUT2D eigenvalue weighted by atomic mass is 9.95. The van der Waals surface area contributed by atoms with E-state index in [4.69, 9.17) is 5.11 Å². The van der Waals surface area contributed by atoms with Gasteiger partial charge in [0.15, 0.2) is 0 Å². The SMILES string of the molecule is O=C(O)CCC1CCCN(S(=O)(=O)c2cncc(F)c2)C1. The second-order valence-electron chi connectivity index (χ2n) is 5.14. The fourth-order valence-electron chi connectivity index (χ4n) is 2.49. The van der Waals surface area contributed by atoms with Crippen molar-refractivity contribution in [3.05, 3.63) is 24.3 Å². The van der Waals surface area contributed by atoms with E-state index in [0.29, 0.717) is 19.4 Å². The van der Waals surface area contributed by atoms with Crippen LogP contribution < -0.4 is 0 Å². The van der Waals surface area contributed by atoms with Gasteiger partial charge >= 0.3 is 5.97 Å². The normalized spacial score (nSPS) is 20.3. The first-order valence-electron chi connectivity index (χ1n) is 6.72. The van der Waals surface area contributed by atoms with Crippen molar-refractivity contribution >= 4 is 16.0 Å². The Bertz CT molecular complexity index is 620. The molecule has 1 N–H and O–H groups in total. The number of hydrogen-bond donors (Lipinski definition) is 1. The molecule has 1 aliphatic heterocycles. The fourth-order valence-corrected chi connectivity index (χ4v) is 4.02. The third kappa shape index (κ3) is 3.98. The average Bonchev–Trinajstić information content (AvgIpc) is 2.45. The van der Waals surface area contributed by atoms with Gasteiger partial charge in [0.2, 0.25) is 10.0 Å². The molecular formula is C13H17FN2O4S. The topological polar surface area (TPSA) is 87.6 Å². The number of aromatic nitrogens is 1. The van der Waals surface area contributed by atoms with Gasteiger partial charge in [0.05, 0.1) is 6.20 Å². The van der Waals surface area contributed by atoms with Crippen LogP contribution in [-0.4, -0.2) is 41.9 Å². The van der Waals surface area contributed by atoms with Crippen LogP contribution in [0.3, 0.4) is 0 Å². The summed E-state index contributed by atoms with van der Waals surface area (Å²) in [7, 11) is -3.77. The van der Waals surface area contributed by atoms with Crippen LogP contribution in [0.2, 0.25) is 0 Å². The molecule has 116 valence electrons. The summed E-state index contributed by atoms with van der Waals surface area (Å²) in [4.78, 5) is 14.0. The van der Waals surface area contributed by atoms with Gasteiger partial charge in [0.1, 0.15) is 10.7 Å². The first-order chi connectivity index (χ1) is 9.89. The molecular weight excluding hydrogens is 299 g/mol. The minimum atomic E-state index is -3.77. The zero-order valence-corrected chi connectivity index (χ0v) is 12.2. The Morgan fingerprint density at radius 1 is 1.48 bits per heavy atom. The van der Waals surface area contributed by atoms with E-state index in [9.17, 15) is 17.6 Å². The minimum absolute atomic E-state index is 0.0196. The van der Waals surface area contributed by atoms with Gasteiger partial charge in [-0.1, -0.05) is 0 Å². The van der Waals surface area contributed by atoms with Crippen LogP contribution in [0.1, 0.15) is 25.7 Å². The molecule has 1 saturated heterocycles. The number of hydrogen-bond acceptors (Lipinski definition) is 4. The van der Waals surface area contributed by atoms with Crippen LogP contribution >= 0.6 is 0 Å². The highest BCUT2D eigenvalue weighted by Gasteiger charge is 2.30. The van der Waals surface area contributed by atoms with Gasteiger partial charge in [-0.15, -0.1) is 0 Å². The second-order valence-corrected chi connectivity index (χ2v) is 7.08. The third-order valence-electron chi connectivity index (χ3n) is 3.57. The maximum atomic E-state index is 13.1. The van der Waals surface area contributed by atoms with Crippen molar-refractivity contribution in [2.45, 2.75) is 30.6 Å². The lowest BCUT2D eigenvalue weighted by Gasteiger charge is -2.31. The van der Waals surface area contributed by atoms with Gasteiger partial charge in [-0.2, -0.15) is 4.31 Å². The third-order valence-corrected chi connectivity index (χ3v) is 5.40. The molecule has 0 bridgehead atoms. The van der Waals surface area contributed by atoms with E-state index in [1.165, 1.54) is 4.31 Å². The average molecular weight is 316 g/mol. The summed E-state index contributed by atoms with van der Waals surface area (Å²) in [5.74, 6) is -1.56. The van der Waals surface area contributed by atoms with E-state index in [1.54, 1.807) is 0 Å². The van der Waals surface area contributed by atoms with Crippen molar-refractivity contribution in [2.24, 2.45) is 5.92 Å². The van der Waals surface area contributed by atoms with Crippen LogP contribution in [0.15, 0.2) is 23.4 Å². The smallest absolute Gasteiger partial charge is 0.303 e.